The summed E-state index contributed by atoms with van der Waals surface area (Å²) in [6.07, 6.45) is 2.08. The number of ketones is 1. The molecule has 0 radical (unpaired) electrons. The smallest absolute Gasteiger partial charge is 0.182 e. The van der Waals surface area contributed by atoms with Crippen molar-refractivity contribution in [3.8, 4) is 0 Å². The Labute approximate surface area is 158 Å². The number of halogens is 2. The molecule has 2 aliphatic heterocycles. The number of Topliss-reactive ketones (excluding diaryl/α,β-unsaturated/α-hetero) is 1. The van der Waals surface area contributed by atoms with Gasteiger partial charge in [-0.05, 0) is 81.0 Å². The molecule has 5 heteroatoms. The Morgan fingerprint density at radius 3 is 2.65 bits per heavy atom. The molecule has 2 aliphatic rings. The maximum Gasteiger partial charge on any atom is 0.182 e. The van der Waals surface area contributed by atoms with E-state index < -0.39 is 0 Å². The minimum atomic E-state index is -0.324. The minimum absolute atomic E-state index is 0.0177. The third kappa shape index (κ3) is 3.24. The summed E-state index contributed by atoms with van der Waals surface area (Å²) in [5.74, 6) is 0.0911. The number of hydrogen-bond donors (Lipinski definition) is 0. The number of benzene rings is 2. The standard InChI is InChI=1S/C21H22ClFN2O/c1-24-10-8-17-18-12-15(22)4-7-19(18)25(20(17)9-11-24)13-21(26)14-2-5-16(23)6-3-14/h2-7,12,17,20H,8-11,13H2,1H3. The average molecular weight is 373 g/mol. The van der Waals surface area contributed by atoms with Gasteiger partial charge in [0.05, 0.1) is 6.54 Å². The second-order valence-corrected chi connectivity index (χ2v) is 7.75. The van der Waals surface area contributed by atoms with Gasteiger partial charge in [-0.1, -0.05) is 11.6 Å². The van der Waals surface area contributed by atoms with Crippen molar-refractivity contribution in [2.75, 3.05) is 31.6 Å². The lowest BCUT2D eigenvalue weighted by Crippen LogP contribution is -2.38. The summed E-state index contributed by atoms with van der Waals surface area (Å²) < 4.78 is 13.2. The fourth-order valence-corrected chi connectivity index (χ4v) is 4.48. The van der Waals surface area contributed by atoms with Crippen LogP contribution >= 0.6 is 11.6 Å². The molecule has 3 nitrogen and oxygen atoms in total. The van der Waals surface area contributed by atoms with Crippen LogP contribution in [0.2, 0.25) is 5.02 Å². The highest BCUT2D eigenvalue weighted by molar-refractivity contribution is 6.30. The molecule has 136 valence electrons. The van der Waals surface area contributed by atoms with Gasteiger partial charge in [0.2, 0.25) is 0 Å². The maximum atomic E-state index is 13.2. The van der Waals surface area contributed by atoms with Gasteiger partial charge >= 0.3 is 0 Å². The van der Waals surface area contributed by atoms with Crippen LogP contribution in [0, 0.1) is 5.82 Å². The Balaban J connectivity index is 1.65. The van der Waals surface area contributed by atoms with Crippen LogP contribution in [0.5, 0.6) is 0 Å². The highest BCUT2D eigenvalue weighted by Crippen LogP contribution is 2.46. The first-order valence-electron chi connectivity index (χ1n) is 9.06. The molecule has 2 atom stereocenters. The lowest BCUT2D eigenvalue weighted by Gasteiger charge is -2.29. The van der Waals surface area contributed by atoms with Crippen molar-refractivity contribution in [3.63, 3.8) is 0 Å². The molecular formula is C21H22ClFN2O. The first-order valence-corrected chi connectivity index (χ1v) is 9.44. The SMILES string of the molecule is CN1CCC2c3cc(Cl)ccc3N(CC(=O)c3ccc(F)cc3)C2CC1. The molecule has 2 heterocycles. The van der Waals surface area contributed by atoms with Crippen molar-refractivity contribution >= 4 is 23.1 Å². The van der Waals surface area contributed by atoms with Crippen molar-refractivity contribution in [1.82, 2.24) is 4.90 Å². The number of fused-ring (bicyclic) bond motifs is 3. The van der Waals surface area contributed by atoms with Crippen LogP contribution in [0.15, 0.2) is 42.5 Å². The van der Waals surface area contributed by atoms with Crippen LogP contribution in [0.1, 0.15) is 34.7 Å². The first-order chi connectivity index (χ1) is 12.5. The average Bonchev–Trinajstić information content (AvgIpc) is 2.76. The van der Waals surface area contributed by atoms with E-state index in [1.54, 1.807) is 12.1 Å². The third-order valence-corrected chi connectivity index (χ3v) is 5.91. The van der Waals surface area contributed by atoms with E-state index in [0.29, 0.717) is 24.1 Å². The molecule has 1 saturated heterocycles. The van der Waals surface area contributed by atoms with Crippen molar-refractivity contribution in [1.29, 1.82) is 0 Å². The van der Waals surface area contributed by atoms with Gasteiger partial charge in [0, 0.05) is 28.2 Å². The van der Waals surface area contributed by atoms with Crippen LogP contribution < -0.4 is 4.90 Å². The van der Waals surface area contributed by atoms with Crippen LogP contribution in [-0.4, -0.2) is 43.4 Å². The highest BCUT2D eigenvalue weighted by atomic mass is 35.5. The van der Waals surface area contributed by atoms with Crippen molar-refractivity contribution in [3.05, 3.63) is 64.4 Å². The Bertz CT molecular complexity index is 823. The molecular weight excluding hydrogens is 351 g/mol. The summed E-state index contributed by atoms with van der Waals surface area (Å²) in [6.45, 7) is 2.38. The van der Waals surface area contributed by atoms with E-state index in [2.05, 4.69) is 22.9 Å². The molecule has 0 N–H and O–H groups in total. The molecule has 2 aromatic rings. The predicted molar refractivity (Wildman–Crippen MR) is 103 cm³/mol. The molecule has 0 bridgehead atoms. The number of nitrogens with zero attached hydrogens (tertiary/aromatic N) is 2. The van der Waals surface area contributed by atoms with E-state index >= 15 is 0 Å². The van der Waals surface area contributed by atoms with Crippen molar-refractivity contribution in [2.24, 2.45) is 0 Å². The fraction of sp³-hybridized carbons (Fsp3) is 0.381. The largest absolute Gasteiger partial charge is 0.360 e. The lowest BCUT2D eigenvalue weighted by molar-refractivity contribution is 0.0996. The van der Waals surface area contributed by atoms with Crippen LogP contribution in [-0.2, 0) is 0 Å². The van der Waals surface area contributed by atoms with Gasteiger partial charge in [-0.25, -0.2) is 4.39 Å². The highest BCUT2D eigenvalue weighted by Gasteiger charge is 2.40. The summed E-state index contributed by atoms with van der Waals surface area (Å²) in [7, 11) is 2.15. The van der Waals surface area contributed by atoms with E-state index in [1.807, 2.05) is 12.1 Å². The molecule has 2 aromatic carbocycles. The second-order valence-electron chi connectivity index (χ2n) is 7.32. The van der Waals surface area contributed by atoms with Gasteiger partial charge in [0.1, 0.15) is 5.82 Å². The Kier molecular flexibility index (Phi) is 4.72. The molecule has 0 aliphatic carbocycles. The normalized spacial score (nSPS) is 22.7. The van der Waals surface area contributed by atoms with E-state index in [4.69, 9.17) is 11.6 Å². The van der Waals surface area contributed by atoms with Crippen LogP contribution in [0.3, 0.4) is 0 Å². The zero-order valence-electron chi connectivity index (χ0n) is 14.8. The summed E-state index contributed by atoms with van der Waals surface area (Å²) in [5, 5.41) is 0.742. The predicted octanol–water partition coefficient (Wildman–Crippen LogP) is 4.36. The lowest BCUT2D eigenvalue weighted by atomic mass is 9.91. The zero-order valence-corrected chi connectivity index (χ0v) is 15.5. The van der Waals surface area contributed by atoms with Crippen molar-refractivity contribution < 1.29 is 9.18 Å². The molecule has 0 aromatic heterocycles. The molecule has 0 saturated carbocycles. The van der Waals surface area contributed by atoms with Gasteiger partial charge in [0.15, 0.2) is 5.78 Å². The van der Waals surface area contributed by atoms with E-state index in [-0.39, 0.29) is 11.6 Å². The van der Waals surface area contributed by atoms with Crippen molar-refractivity contribution in [2.45, 2.75) is 24.8 Å². The summed E-state index contributed by atoms with van der Waals surface area (Å²) >= 11 is 6.26. The number of carbonyl (C=O) groups is 1. The third-order valence-electron chi connectivity index (χ3n) is 5.67. The Morgan fingerprint density at radius 2 is 1.88 bits per heavy atom. The number of likely N-dealkylation sites (tertiary alicyclic amines) is 1. The van der Waals surface area contributed by atoms with E-state index in [9.17, 15) is 9.18 Å². The monoisotopic (exact) mass is 372 g/mol. The molecule has 0 amide bonds. The van der Waals surface area contributed by atoms with Gasteiger partial charge in [-0.2, -0.15) is 0 Å². The van der Waals surface area contributed by atoms with Crippen LogP contribution in [0.4, 0.5) is 10.1 Å². The van der Waals surface area contributed by atoms with Gasteiger partial charge < -0.3 is 9.80 Å². The summed E-state index contributed by atoms with van der Waals surface area (Å²) in [6, 6.07) is 12.1. The number of rotatable bonds is 3. The fourth-order valence-electron chi connectivity index (χ4n) is 4.30. The van der Waals surface area contributed by atoms with Crippen LogP contribution in [0.25, 0.3) is 0 Å². The summed E-state index contributed by atoms with van der Waals surface area (Å²) in [5.41, 5.74) is 2.92. The Hall–Kier alpha value is -1.91. The van der Waals surface area contributed by atoms with Gasteiger partial charge in [-0.15, -0.1) is 0 Å². The zero-order chi connectivity index (χ0) is 18.3. The molecule has 4 rings (SSSR count). The van der Waals surface area contributed by atoms with E-state index in [0.717, 1.165) is 36.6 Å². The number of carbonyl (C=O) groups excluding carboxylic acids is 1. The maximum absolute atomic E-state index is 13.2. The summed E-state index contributed by atoms with van der Waals surface area (Å²) in [4.78, 5) is 17.4. The quantitative estimate of drug-likeness (QED) is 0.748. The molecule has 0 spiro atoms. The van der Waals surface area contributed by atoms with Gasteiger partial charge in [-0.3, -0.25) is 4.79 Å². The number of hydrogen-bond acceptors (Lipinski definition) is 3. The first kappa shape index (κ1) is 17.5. The molecule has 2 unspecified atom stereocenters. The Morgan fingerprint density at radius 1 is 1.15 bits per heavy atom. The number of anilines is 1. The van der Waals surface area contributed by atoms with Gasteiger partial charge in [0.25, 0.3) is 0 Å². The van der Waals surface area contributed by atoms with E-state index in [1.165, 1.54) is 17.7 Å². The topological polar surface area (TPSA) is 23.6 Å². The minimum Gasteiger partial charge on any atom is -0.360 e. The molecule has 26 heavy (non-hydrogen) atoms. The molecule has 1 fully saturated rings. The second kappa shape index (κ2) is 7.01.